The summed E-state index contributed by atoms with van der Waals surface area (Å²) in [4.78, 5) is 42.2. The smallest absolute Gasteiger partial charge is 0.326 e. The predicted molar refractivity (Wildman–Crippen MR) is 242 cm³/mol. The van der Waals surface area contributed by atoms with Crippen LogP contribution in [0.5, 0.6) is 0 Å². The van der Waals surface area contributed by atoms with Crippen LogP contribution in [0.25, 0.3) is 0 Å². The van der Waals surface area contributed by atoms with Gasteiger partial charge in [-0.2, -0.15) is 11.8 Å². The van der Waals surface area contributed by atoms with Gasteiger partial charge in [0.05, 0.1) is 6.04 Å². The van der Waals surface area contributed by atoms with Gasteiger partial charge in [-0.3, -0.25) is 14.5 Å². The molecule has 0 heterocycles. The second-order valence-corrected chi connectivity index (χ2v) is 19.6. The summed E-state index contributed by atoms with van der Waals surface area (Å²) >= 11 is 1.87. The van der Waals surface area contributed by atoms with Gasteiger partial charge >= 0.3 is 5.97 Å². The van der Waals surface area contributed by atoms with Crippen molar-refractivity contribution in [2.75, 3.05) is 25.1 Å². The molecule has 58 heavy (non-hydrogen) atoms. The van der Waals surface area contributed by atoms with Crippen LogP contribution < -0.4 is 26.6 Å². The molecule has 0 aliphatic carbocycles. The average Bonchev–Trinajstić information content (AvgIpc) is 3.23. The van der Waals surface area contributed by atoms with Crippen molar-refractivity contribution >= 4 is 48.1 Å². The Balaban J connectivity index is 1.48. The van der Waals surface area contributed by atoms with Crippen molar-refractivity contribution in [1.29, 1.82) is 0 Å². The second kappa shape index (κ2) is 22.4. The van der Waals surface area contributed by atoms with E-state index in [0.717, 1.165) is 16.9 Å². The van der Waals surface area contributed by atoms with Crippen LogP contribution in [0.1, 0.15) is 49.2 Å². The molecule has 0 radical (unpaired) electrons. The Bertz CT molecular complexity index is 1950. The van der Waals surface area contributed by atoms with Crippen molar-refractivity contribution in [2.24, 2.45) is 0 Å². The Kier molecular flexibility index (Phi) is 17.1. The molecule has 5 rings (SSSR count). The summed E-state index contributed by atoms with van der Waals surface area (Å²) in [7, 11) is -0.866. The molecule has 0 saturated carbocycles. The van der Waals surface area contributed by atoms with Crippen molar-refractivity contribution in [3.63, 3.8) is 0 Å². The second-order valence-electron chi connectivity index (χ2n) is 15.5. The minimum Gasteiger partial charge on any atom is -0.480 e. The summed E-state index contributed by atoms with van der Waals surface area (Å²) in [6.07, 6.45) is 1.53. The Morgan fingerprint density at radius 1 is 0.690 bits per heavy atom. The molecule has 0 aromatic heterocycles. The van der Waals surface area contributed by atoms with Crippen LogP contribution in [-0.2, 0) is 22.4 Å². The van der Waals surface area contributed by atoms with Crippen LogP contribution in [0.15, 0.2) is 152 Å². The van der Waals surface area contributed by atoms with Crippen molar-refractivity contribution < 1.29 is 19.5 Å². The van der Waals surface area contributed by atoms with Gasteiger partial charge in [-0.05, 0) is 55.1 Å². The van der Waals surface area contributed by atoms with Gasteiger partial charge in [0.15, 0.2) is 0 Å². The first kappa shape index (κ1) is 44.3. The van der Waals surface area contributed by atoms with E-state index >= 15 is 0 Å². The number of rotatable bonds is 21. The molecule has 0 unspecified atom stereocenters. The minimum atomic E-state index is -1.08. The van der Waals surface area contributed by atoms with E-state index in [9.17, 15) is 19.5 Å². The molecule has 0 aliphatic heterocycles. The van der Waals surface area contributed by atoms with E-state index in [4.69, 9.17) is 0 Å². The molecule has 2 amide bonds. The highest BCUT2D eigenvalue weighted by molar-refractivity contribution is 8.00. The number of aliphatic carboxylic acids is 1. The Labute approximate surface area is 350 Å². The molecule has 0 saturated heterocycles. The maximum absolute atomic E-state index is 13.8. The third-order valence-corrected chi connectivity index (χ3v) is 13.7. The SMILES string of the molecule is C[C@H](NC[C@H](CSC(C)(C)C)N(C[C@H](Cc1ccccc1)NC(=O)c1ccccc1)CP(c1ccccc1)c1ccccc1)C(=O)N[C@@H](Cc1ccccc1)C(=O)O. The van der Waals surface area contributed by atoms with Gasteiger partial charge in [0.25, 0.3) is 5.91 Å². The van der Waals surface area contributed by atoms with Gasteiger partial charge in [-0.25, -0.2) is 4.79 Å². The number of nitrogens with zero attached hydrogens (tertiary/aromatic N) is 1. The number of carbonyl (C=O) groups excluding carboxylic acids is 2. The molecule has 4 N–H and O–H groups in total. The van der Waals surface area contributed by atoms with Crippen molar-refractivity contribution in [1.82, 2.24) is 20.9 Å². The maximum Gasteiger partial charge on any atom is 0.326 e. The summed E-state index contributed by atoms with van der Waals surface area (Å²) in [6, 6.07) is 48.2. The van der Waals surface area contributed by atoms with Crippen LogP contribution in [0.3, 0.4) is 0 Å². The summed E-state index contributed by atoms with van der Waals surface area (Å²) < 4.78 is -0.0341. The lowest BCUT2D eigenvalue weighted by molar-refractivity contribution is -0.142. The van der Waals surface area contributed by atoms with E-state index in [-0.39, 0.29) is 35.1 Å². The number of nitrogens with one attached hydrogen (secondary N) is 3. The molecular formula is C48H57N4O4PS. The van der Waals surface area contributed by atoms with E-state index < -0.39 is 26.0 Å². The quantitative estimate of drug-likeness (QED) is 0.0585. The third kappa shape index (κ3) is 14.5. The minimum absolute atomic E-state index is 0.0341. The Morgan fingerprint density at radius 3 is 1.67 bits per heavy atom. The molecule has 0 aliphatic rings. The highest BCUT2D eigenvalue weighted by Gasteiger charge is 2.30. The number of hydrogen-bond acceptors (Lipinski definition) is 6. The molecule has 5 aromatic carbocycles. The topological polar surface area (TPSA) is 111 Å². The number of benzene rings is 5. The van der Waals surface area contributed by atoms with Crippen molar-refractivity contribution in [3.8, 4) is 0 Å². The fraction of sp³-hybridized carbons (Fsp3) is 0.312. The number of carboxylic acid groups (broad SMARTS) is 1. The summed E-state index contributed by atoms with van der Waals surface area (Å²) in [5.41, 5.74) is 2.57. The molecule has 0 bridgehead atoms. The van der Waals surface area contributed by atoms with Gasteiger partial charge in [0.2, 0.25) is 5.91 Å². The lowest BCUT2D eigenvalue weighted by atomic mass is 10.0. The molecule has 5 aromatic rings. The first-order chi connectivity index (χ1) is 27.9. The molecule has 304 valence electrons. The molecular weight excluding hydrogens is 760 g/mol. The van der Waals surface area contributed by atoms with Gasteiger partial charge in [-0.1, -0.05) is 160 Å². The van der Waals surface area contributed by atoms with E-state index in [2.05, 4.69) is 102 Å². The van der Waals surface area contributed by atoms with Crippen LogP contribution in [-0.4, -0.2) is 81.8 Å². The fourth-order valence-electron chi connectivity index (χ4n) is 6.63. The van der Waals surface area contributed by atoms with Crippen molar-refractivity contribution in [3.05, 3.63) is 168 Å². The largest absolute Gasteiger partial charge is 0.480 e. The zero-order chi connectivity index (χ0) is 41.3. The van der Waals surface area contributed by atoms with E-state index in [0.29, 0.717) is 31.4 Å². The maximum atomic E-state index is 13.8. The standard InChI is InChI=1S/C48H57N4O4PS/c1-36(45(53)51-44(47(55)56)31-38-22-12-6-13-23-38)49-32-41(34-58-48(2,3)4)52(35-57(42-26-16-8-17-27-42)43-28-18-9-19-29-43)33-40(30-37-20-10-5-11-21-37)50-46(54)39-24-14-7-15-25-39/h5-29,36,40-41,44,49H,30-35H2,1-4H3,(H,50,54)(H,51,53)(H,55,56)/t36-,40-,41+,44-/m0/s1. The van der Waals surface area contributed by atoms with Crippen LogP contribution in [0.2, 0.25) is 0 Å². The van der Waals surface area contributed by atoms with Crippen LogP contribution in [0.4, 0.5) is 0 Å². The van der Waals surface area contributed by atoms with Gasteiger partial charge in [0, 0.05) is 53.9 Å². The van der Waals surface area contributed by atoms with E-state index in [1.165, 1.54) is 10.6 Å². The molecule has 0 fully saturated rings. The predicted octanol–water partition coefficient (Wildman–Crippen LogP) is 7.11. The number of thioether (sulfide) groups is 1. The Morgan fingerprint density at radius 2 is 1.17 bits per heavy atom. The molecule has 4 atom stereocenters. The lowest BCUT2D eigenvalue weighted by Crippen LogP contribution is -2.55. The molecule has 10 heteroatoms. The zero-order valence-electron chi connectivity index (χ0n) is 34.0. The summed E-state index contributed by atoms with van der Waals surface area (Å²) in [6.45, 7) is 9.43. The highest BCUT2D eigenvalue weighted by Crippen LogP contribution is 2.36. The molecule has 8 nitrogen and oxygen atoms in total. The van der Waals surface area contributed by atoms with E-state index in [1.54, 1.807) is 6.92 Å². The monoisotopic (exact) mass is 816 g/mol. The first-order valence-corrected chi connectivity index (χ1v) is 22.4. The van der Waals surface area contributed by atoms with Crippen molar-refractivity contribution in [2.45, 2.75) is 69.5 Å². The first-order valence-electron chi connectivity index (χ1n) is 19.9. The third-order valence-electron chi connectivity index (χ3n) is 9.79. The summed E-state index contributed by atoms with van der Waals surface area (Å²) in [5.74, 6) is -0.812. The Hall–Kier alpha value is -4.79. The summed E-state index contributed by atoms with van der Waals surface area (Å²) in [5, 5.41) is 22.2. The number of amides is 2. The number of carbonyl (C=O) groups is 3. The van der Waals surface area contributed by atoms with Gasteiger partial charge < -0.3 is 21.1 Å². The van der Waals surface area contributed by atoms with Gasteiger partial charge in [-0.15, -0.1) is 0 Å². The lowest BCUT2D eigenvalue weighted by Gasteiger charge is -2.39. The zero-order valence-corrected chi connectivity index (χ0v) is 35.7. The average molecular weight is 817 g/mol. The normalized spacial score (nSPS) is 13.7. The van der Waals surface area contributed by atoms with Crippen LogP contribution >= 0.6 is 19.7 Å². The highest BCUT2D eigenvalue weighted by atomic mass is 32.2. The van der Waals surface area contributed by atoms with Gasteiger partial charge in [0.1, 0.15) is 6.04 Å². The number of hydrogen-bond donors (Lipinski definition) is 4. The van der Waals surface area contributed by atoms with E-state index in [1.807, 2.05) is 103 Å². The van der Waals surface area contributed by atoms with Crippen LogP contribution in [0, 0.1) is 0 Å². The number of carboxylic acids is 1. The molecule has 0 spiro atoms. The fourth-order valence-corrected chi connectivity index (χ4v) is 10.0.